The molecule has 0 fully saturated rings. The fraction of sp³-hybridized carbons (Fsp3) is 0.133. The molecular weight excluding hydrogens is 227 g/mol. The largest absolute Gasteiger partial charge is 0.265 e. The summed E-state index contributed by atoms with van der Waals surface area (Å²) < 4.78 is 14.8. The second-order valence-electron chi connectivity index (χ2n) is 4.23. The average molecular weight is 239 g/mol. The van der Waals surface area contributed by atoms with Crippen molar-refractivity contribution in [1.29, 1.82) is 0 Å². The molecule has 3 aromatic rings. The first-order valence-corrected chi connectivity index (χ1v) is 5.89. The number of hydrogen-bond donors (Lipinski definition) is 0. The third kappa shape index (κ3) is 2.12. The third-order valence-electron chi connectivity index (χ3n) is 3.01. The Labute approximate surface area is 105 Å². The highest BCUT2D eigenvalue weighted by Crippen LogP contribution is 2.13. The van der Waals surface area contributed by atoms with Crippen molar-refractivity contribution in [3.63, 3.8) is 0 Å². The summed E-state index contributed by atoms with van der Waals surface area (Å²) in [5.74, 6) is -0.196. The lowest BCUT2D eigenvalue weighted by molar-refractivity contribution is 0.620. The van der Waals surface area contributed by atoms with Crippen molar-refractivity contribution >= 4 is 10.9 Å². The Kier molecular flexibility index (Phi) is 2.81. The number of aromatic nitrogens is 2. The second kappa shape index (κ2) is 4.61. The molecule has 2 nitrogen and oxygen atoms in total. The molecule has 1 heterocycles. The van der Waals surface area contributed by atoms with Crippen molar-refractivity contribution in [2.45, 2.75) is 13.0 Å². The van der Waals surface area contributed by atoms with Gasteiger partial charge in [0.15, 0.2) is 0 Å². The molecule has 89 valence electrons. The van der Waals surface area contributed by atoms with E-state index in [2.05, 4.69) is 11.2 Å². The van der Waals surface area contributed by atoms with Crippen molar-refractivity contribution < 1.29 is 4.39 Å². The Hall–Kier alpha value is -2.16. The van der Waals surface area contributed by atoms with Crippen molar-refractivity contribution in [3.05, 3.63) is 66.1 Å². The Balaban J connectivity index is 1.79. The molecule has 0 bridgehead atoms. The van der Waals surface area contributed by atoms with Crippen LogP contribution >= 0.6 is 0 Å². The molecule has 0 aliphatic carbocycles. The summed E-state index contributed by atoms with van der Waals surface area (Å²) in [5.41, 5.74) is 2.22. The number of rotatable bonds is 3. The number of halogens is 1. The molecule has 0 saturated heterocycles. The number of nitrogens with zero attached hydrogens (tertiary/aromatic N) is 2. The molecule has 0 aliphatic rings. The van der Waals surface area contributed by atoms with E-state index in [4.69, 9.17) is 0 Å². The van der Waals surface area contributed by atoms with Gasteiger partial charge in [0, 0.05) is 11.9 Å². The summed E-state index contributed by atoms with van der Waals surface area (Å²) in [6.45, 7) is 0.791. The van der Waals surface area contributed by atoms with Gasteiger partial charge in [-0.25, -0.2) is 4.39 Å². The van der Waals surface area contributed by atoms with Crippen LogP contribution in [0, 0.1) is 11.9 Å². The Morgan fingerprint density at radius 2 is 2.00 bits per heavy atom. The minimum absolute atomic E-state index is 0.196. The van der Waals surface area contributed by atoms with E-state index in [9.17, 15) is 4.39 Å². The van der Waals surface area contributed by atoms with E-state index in [1.165, 1.54) is 12.1 Å². The highest BCUT2D eigenvalue weighted by atomic mass is 19.1. The molecule has 0 N–H and O–H groups in total. The molecule has 0 amide bonds. The first-order chi connectivity index (χ1) is 8.83. The van der Waals surface area contributed by atoms with Gasteiger partial charge in [-0.15, -0.1) is 0 Å². The molecule has 0 unspecified atom stereocenters. The van der Waals surface area contributed by atoms with E-state index in [0.717, 1.165) is 29.4 Å². The Morgan fingerprint density at radius 1 is 1.17 bits per heavy atom. The summed E-state index contributed by atoms with van der Waals surface area (Å²) in [4.78, 5) is 0. The summed E-state index contributed by atoms with van der Waals surface area (Å²) in [7, 11) is 0. The average Bonchev–Trinajstić information content (AvgIpc) is 2.82. The van der Waals surface area contributed by atoms with Gasteiger partial charge in [-0.3, -0.25) is 4.68 Å². The van der Waals surface area contributed by atoms with Gasteiger partial charge in [0.1, 0.15) is 5.82 Å². The first kappa shape index (κ1) is 11.0. The molecule has 0 spiro atoms. The topological polar surface area (TPSA) is 17.8 Å². The van der Waals surface area contributed by atoms with Gasteiger partial charge < -0.3 is 0 Å². The van der Waals surface area contributed by atoms with Crippen LogP contribution in [0.15, 0.2) is 48.7 Å². The smallest absolute Gasteiger partial charge is 0.123 e. The monoisotopic (exact) mass is 239 g/mol. The SMILES string of the molecule is Fc1ccc(CCn2ncc3c[c]ccc32)cc1. The fourth-order valence-corrected chi connectivity index (χ4v) is 2.03. The minimum atomic E-state index is -0.196. The number of hydrogen-bond acceptors (Lipinski definition) is 1. The number of aryl methyl sites for hydroxylation is 2. The molecule has 1 aromatic heterocycles. The van der Waals surface area contributed by atoms with Crippen molar-refractivity contribution in [1.82, 2.24) is 9.78 Å². The molecule has 3 rings (SSSR count). The van der Waals surface area contributed by atoms with Crippen molar-refractivity contribution in [2.75, 3.05) is 0 Å². The van der Waals surface area contributed by atoms with Crippen LogP contribution in [0.1, 0.15) is 5.56 Å². The van der Waals surface area contributed by atoms with E-state index in [-0.39, 0.29) is 5.82 Å². The summed E-state index contributed by atoms with van der Waals surface area (Å²) in [6.07, 6.45) is 2.69. The van der Waals surface area contributed by atoms with Crippen LogP contribution in [-0.2, 0) is 13.0 Å². The molecule has 0 atom stereocenters. The van der Waals surface area contributed by atoms with Gasteiger partial charge in [0.05, 0.1) is 11.7 Å². The van der Waals surface area contributed by atoms with Crippen LogP contribution in [0.25, 0.3) is 10.9 Å². The standard InChI is InChI=1S/C15H12FN2/c16-14-7-5-12(6-8-14)9-10-18-15-4-2-1-3-13(15)11-17-18/h2-8,11H,9-10H2. The maximum Gasteiger partial charge on any atom is 0.123 e. The normalized spacial score (nSPS) is 10.9. The Bertz CT molecular complexity index is 656. The first-order valence-electron chi connectivity index (χ1n) is 5.89. The molecule has 18 heavy (non-hydrogen) atoms. The fourth-order valence-electron chi connectivity index (χ4n) is 2.03. The second-order valence-corrected chi connectivity index (χ2v) is 4.23. The molecule has 2 aromatic carbocycles. The van der Waals surface area contributed by atoms with E-state index >= 15 is 0 Å². The van der Waals surface area contributed by atoms with Crippen LogP contribution in [0.4, 0.5) is 4.39 Å². The number of benzene rings is 2. The van der Waals surface area contributed by atoms with Crippen LogP contribution < -0.4 is 0 Å². The van der Waals surface area contributed by atoms with Gasteiger partial charge in [0.25, 0.3) is 0 Å². The lowest BCUT2D eigenvalue weighted by atomic mass is 10.1. The molecule has 0 saturated carbocycles. The van der Waals surface area contributed by atoms with Gasteiger partial charge in [-0.05, 0) is 42.3 Å². The predicted molar refractivity (Wildman–Crippen MR) is 68.7 cm³/mol. The van der Waals surface area contributed by atoms with E-state index in [0.29, 0.717) is 0 Å². The zero-order chi connectivity index (χ0) is 12.4. The lowest BCUT2D eigenvalue weighted by Crippen LogP contribution is -2.02. The third-order valence-corrected chi connectivity index (χ3v) is 3.01. The van der Waals surface area contributed by atoms with Gasteiger partial charge in [-0.2, -0.15) is 5.10 Å². The zero-order valence-electron chi connectivity index (χ0n) is 9.81. The molecule has 0 aliphatic heterocycles. The van der Waals surface area contributed by atoms with Gasteiger partial charge in [0.2, 0.25) is 0 Å². The van der Waals surface area contributed by atoms with Gasteiger partial charge in [-0.1, -0.05) is 18.2 Å². The van der Waals surface area contributed by atoms with Crippen LogP contribution in [0.5, 0.6) is 0 Å². The van der Waals surface area contributed by atoms with Crippen LogP contribution in [-0.4, -0.2) is 9.78 Å². The summed E-state index contributed by atoms with van der Waals surface area (Å²) >= 11 is 0. The zero-order valence-corrected chi connectivity index (χ0v) is 9.81. The van der Waals surface area contributed by atoms with Crippen LogP contribution in [0.3, 0.4) is 0 Å². The lowest BCUT2D eigenvalue weighted by Gasteiger charge is -2.04. The maximum atomic E-state index is 12.8. The van der Waals surface area contributed by atoms with Crippen molar-refractivity contribution in [3.8, 4) is 0 Å². The van der Waals surface area contributed by atoms with E-state index < -0.39 is 0 Å². The predicted octanol–water partition coefficient (Wildman–Crippen LogP) is 3.22. The maximum absolute atomic E-state index is 12.8. The molecule has 1 radical (unpaired) electrons. The molecular formula is C15H12FN2. The highest BCUT2D eigenvalue weighted by Gasteiger charge is 2.02. The van der Waals surface area contributed by atoms with Gasteiger partial charge >= 0.3 is 0 Å². The Morgan fingerprint density at radius 3 is 2.83 bits per heavy atom. The van der Waals surface area contributed by atoms with Crippen molar-refractivity contribution in [2.24, 2.45) is 0 Å². The summed E-state index contributed by atoms with van der Waals surface area (Å²) in [5, 5.41) is 5.44. The highest BCUT2D eigenvalue weighted by molar-refractivity contribution is 5.78. The summed E-state index contributed by atoms with van der Waals surface area (Å²) in [6, 6.07) is 15.5. The molecule has 3 heteroatoms. The minimum Gasteiger partial charge on any atom is -0.265 e. The van der Waals surface area contributed by atoms with E-state index in [1.54, 1.807) is 0 Å². The van der Waals surface area contributed by atoms with Crippen LogP contribution in [0.2, 0.25) is 0 Å². The number of fused-ring (bicyclic) bond motifs is 1. The quantitative estimate of drug-likeness (QED) is 0.686. The van der Waals surface area contributed by atoms with E-state index in [1.807, 2.05) is 41.2 Å².